The number of nitrogens with one attached hydrogen (secondary N) is 1. The molecule has 0 saturated carbocycles. The Kier molecular flexibility index (Phi) is 5.51. The van der Waals surface area contributed by atoms with E-state index in [2.05, 4.69) is 10.3 Å². The van der Waals surface area contributed by atoms with E-state index >= 15 is 0 Å². The highest BCUT2D eigenvalue weighted by molar-refractivity contribution is 6.30. The minimum absolute atomic E-state index is 0. The van der Waals surface area contributed by atoms with Crippen LogP contribution in [0.5, 0.6) is 0 Å². The summed E-state index contributed by atoms with van der Waals surface area (Å²) in [7, 11) is 1.72. The van der Waals surface area contributed by atoms with Crippen LogP contribution in [0.2, 0.25) is 5.02 Å². The van der Waals surface area contributed by atoms with Crippen molar-refractivity contribution < 1.29 is 0 Å². The van der Waals surface area contributed by atoms with Gasteiger partial charge in [-0.05, 0) is 30.7 Å². The minimum atomic E-state index is 0. The van der Waals surface area contributed by atoms with Crippen LogP contribution >= 0.6 is 24.0 Å². The summed E-state index contributed by atoms with van der Waals surface area (Å²) in [6.45, 7) is 2.00. The summed E-state index contributed by atoms with van der Waals surface area (Å²) >= 11 is 5.79. The average Bonchev–Trinajstić information content (AvgIpc) is 2.03. The molecule has 0 amide bonds. The number of anilines is 1. The van der Waals surface area contributed by atoms with Crippen LogP contribution in [0.1, 0.15) is 5.56 Å². The van der Waals surface area contributed by atoms with Crippen molar-refractivity contribution in [3.63, 3.8) is 0 Å². The van der Waals surface area contributed by atoms with E-state index in [1.165, 1.54) is 0 Å². The van der Waals surface area contributed by atoms with Crippen LogP contribution in [0.25, 0.3) is 0 Å². The van der Waals surface area contributed by atoms with Crippen LogP contribution in [0.15, 0.2) is 23.2 Å². The van der Waals surface area contributed by atoms with Gasteiger partial charge >= 0.3 is 0 Å². The Balaban J connectivity index is 0.00000144. The third-order valence-electron chi connectivity index (χ3n) is 1.54. The molecule has 0 fully saturated rings. The predicted molar refractivity (Wildman–Crippen MR) is 61.5 cm³/mol. The van der Waals surface area contributed by atoms with Crippen LogP contribution < -0.4 is 5.32 Å². The third-order valence-corrected chi connectivity index (χ3v) is 1.77. The van der Waals surface area contributed by atoms with E-state index in [1.807, 2.05) is 25.1 Å². The summed E-state index contributed by atoms with van der Waals surface area (Å²) in [5.41, 5.74) is 2.15. The molecule has 0 bridgehead atoms. The fraction of sp³-hybridized carbons (Fsp3) is 0.222. The molecular formula is C9H12Cl2N2. The molecule has 0 atom stereocenters. The predicted octanol–water partition coefficient (Wildman–Crippen LogP) is 3.14. The number of nitrogens with zero attached hydrogens (tertiary/aromatic N) is 1. The van der Waals surface area contributed by atoms with E-state index in [4.69, 9.17) is 11.6 Å². The Morgan fingerprint density at radius 3 is 2.69 bits per heavy atom. The quantitative estimate of drug-likeness (QED) is 0.599. The van der Waals surface area contributed by atoms with Gasteiger partial charge in [0.1, 0.15) is 0 Å². The van der Waals surface area contributed by atoms with Crippen molar-refractivity contribution in [1.82, 2.24) is 0 Å². The first-order chi connectivity index (χ1) is 5.74. The molecule has 0 heterocycles. The Labute approximate surface area is 89.4 Å². The average molecular weight is 219 g/mol. The molecule has 0 aliphatic heterocycles. The molecule has 0 spiro atoms. The summed E-state index contributed by atoms with van der Waals surface area (Å²) in [4.78, 5) is 3.83. The number of rotatable bonds is 2. The second-order valence-electron chi connectivity index (χ2n) is 2.49. The molecule has 0 radical (unpaired) electrons. The minimum Gasteiger partial charge on any atom is -0.347 e. The van der Waals surface area contributed by atoms with Gasteiger partial charge in [-0.2, -0.15) is 0 Å². The molecule has 0 unspecified atom stereocenters. The molecule has 1 aromatic carbocycles. The zero-order valence-corrected chi connectivity index (χ0v) is 9.12. The lowest BCUT2D eigenvalue weighted by Crippen LogP contribution is -1.96. The van der Waals surface area contributed by atoms with E-state index in [1.54, 1.807) is 13.4 Å². The molecular weight excluding hydrogens is 207 g/mol. The van der Waals surface area contributed by atoms with E-state index in [9.17, 15) is 0 Å². The maximum atomic E-state index is 5.79. The lowest BCUT2D eigenvalue weighted by Gasteiger charge is -2.04. The molecule has 1 aromatic rings. The Bertz CT molecular complexity index is 298. The van der Waals surface area contributed by atoms with Gasteiger partial charge in [0.15, 0.2) is 0 Å². The number of benzene rings is 1. The molecule has 0 saturated heterocycles. The standard InChI is InChI=1S/C9H11ClN2.ClH/c1-7-5-8(10)3-4-9(7)12-6-11-2;/h3-6H,1-2H3,(H,11,12);1H. The molecule has 1 N–H and O–H groups in total. The smallest absolute Gasteiger partial charge is 0.0864 e. The van der Waals surface area contributed by atoms with Gasteiger partial charge < -0.3 is 5.32 Å². The SMILES string of the molecule is CN=CNc1ccc(Cl)cc1C.Cl. The van der Waals surface area contributed by atoms with Gasteiger partial charge in [0.25, 0.3) is 0 Å². The van der Waals surface area contributed by atoms with Gasteiger partial charge in [0, 0.05) is 17.8 Å². The Hall–Kier alpha value is -0.730. The molecule has 13 heavy (non-hydrogen) atoms. The number of halogens is 2. The molecule has 0 aliphatic carbocycles. The largest absolute Gasteiger partial charge is 0.347 e. The van der Waals surface area contributed by atoms with Crippen molar-refractivity contribution >= 4 is 36.0 Å². The van der Waals surface area contributed by atoms with Crippen molar-refractivity contribution in [2.45, 2.75) is 6.92 Å². The van der Waals surface area contributed by atoms with Gasteiger partial charge in [-0.3, -0.25) is 4.99 Å². The Morgan fingerprint density at radius 1 is 1.46 bits per heavy atom. The monoisotopic (exact) mass is 218 g/mol. The topological polar surface area (TPSA) is 24.4 Å². The summed E-state index contributed by atoms with van der Waals surface area (Å²) < 4.78 is 0. The number of hydrogen-bond donors (Lipinski definition) is 1. The third kappa shape index (κ3) is 3.66. The maximum Gasteiger partial charge on any atom is 0.0864 e. The molecule has 4 heteroatoms. The van der Waals surface area contributed by atoms with Crippen molar-refractivity contribution in [3.8, 4) is 0 Å². The first-order valence-corrected chi connectivity index (χ1v) is 4.05. The molecule has 0 aliphatic rings. The van der Waals surface area contributed by atoms with E-state index in [0.29, 0.717) is 0 Å². The van der Waals surface area contributed by atoms with Crippen LogP contribution in [0.3, 0.4) is 0 Å². The van der Waals surface area contributed by atoms with E-state index < -0.39 is 0 Å². The van der Waals surface area contributed by atoms with Gasteiger partial charge in [0.2, 0.25) is 0 Å². The maximum absolute atomic E-state index is 5.79. The van der Waals surface area contributed by atoms with Crippen LogP contribution in [-0.2, 0) is 0 Å². The number of aryl methyl sites for hydroxylation is 1. The highest BCUT2D eigenvalue weighted by Crippen LogP contribution is 2.18. The summed E-state index contributed by atoms with van der Waals surface area (Å²) in [6.07, 6.45) is 1.65. The van der Waals surface area contributed by atoms with Crippen LogP contribution in [-0.4, -0.2) is 13.4 Å². The second kappa shape index (κ2) is 5.84. The Morgan fingerprint density at radius 2 is 2.15 bits per heavy atom. The number of hydrogen-bond acceptors (Lipinski definition) is 1. The lowest BCUT2D eigenvalue weighted by atomic mass is 10.2. The first kappa shape index (κ1) is 12.3. The summed E-state index contributed by atoms with van der Waals surface area (Å²) in [5, 5.41) is 3.80. The van der Waals surface area contributed by atoms with E-state index in [-0.39, 0.29) is 12.4 Å². The van der Waals surface area contributed by atoms with Gasteiger partial charge in [-0.1, -0.05) is 11.6 Å². The van der Waals surface area contributed by atoms with Crippen molar-refractivity contribution in [1.29, 1.82) is 0 Å². The fourth-order valence-corrected chi connectivity index (χ4v) is 1.15. The normalized spacial score (nSPS) is 9.77. The molecule has 72 valence electrons. The van der Waals surface area contributed by atoms with Gasteiger partial charge in [0.05, 0.1) is 6.34 Å². The van der Waals surface area contributed by atoms with Gasteiger partial charge in [-0.15, -0.1) is 12.4 Å². The zero-order chi connectivity index (χ0) is 8.97. The fourth-order valence-electron chi connectivity index (χ4n) is 0.923. The highest BCUT2D eigenvalue weighted by atomic mass is 35.5. The van der Waals surface area contributed by atoms with Crippen LogP contribution in [0.4, 0.5) is 5.69 Å². The summed E-state index contributed by atoms with van der Waals surface area (Å²) in [6, 6.07) is 5.69. The zero-order valence-electron chi connectivity index (χ0n) is 7.54. The first-order valence-electron chi connectivity index (χ1n) is 3.67. The molecule has 0 aromatic heterocycles. The molecule has 1 rings (SSSR count). The lowest BCUT2D eigenvalue weighted by molar-refractivity contribution is 1.43. The van der Waals surface area contributed by atoms with Crippen molar-refractivity contribution in [3.05, 3.63) is 28.8 Å². The van der Waals surface area contributed by atoms with E-state index in [0.717, 1.165) is 16.3 Å². The van der Waals surface area contributed by atoms with Crippen molar-refractivity contribution in [2.24, 2.45) is 4.99 Å². The summed E-state index contributed by atoms with van der Waals surface area (Å²) in [5.74, 6) is 0. The van der Waals surface area contributed by atoms with Crippen LogP contribution in [0, 0.1) is 6.92 Å². The molecule has 2 nitrogen and oxygen atoms in total. The van der Waals surface area contributed by atoms with Gasteiger partial charge in [-0.25, -0.2) is 0 Å². The highest BCUT2D eigenvalue weighted by Gasteiger charge is 1.95. The second-order valence-corrected chi connectivity index (χ2v) is 2.93. The van der Waals surface area contributed by atoms with Crippen molar-refractivity contribution in [2.75, 3.05) is 12.4 Å². The number of aliphatic imine (C=N–C) groups is 1.